The van der Waals surface area contributed by atoms with E-state index in [-0.39, 0.29) is 42.6 Å². The van der Waals surface area contributed by atoms with Crippen molar-refractivity contribution in [3.63, 3.8) is 0 Å². The molecule has 3 aromatic rings. The van der Waals surface area contributed by atoms with E-state index in [9.17, 15) is 22.8 Å². The van der Waals surface area contributed by atoms with E-state index in [0.29, 0.717) is 35.5 Å². The lowest BCUT2D eigenvalue weighted by atomic mass is 9.85. The largest absolute Gasteiger partial charge is 0.496 e. The van der Waals surface area contributed by atoms with Gasteiger partial charge in [-0.05, 0) is 71.7 Å². The van der Waals surface area contributed by atoms with Gasteiger partial charge in [-0.1, -0.05) is 18.2 Å². The number of nitrogens with zero attached hydrogens (tertiary/aromatic N) is 2. The molecule has 1 fully saturated rings. The highest BCUT2D eigenvalue weighted by Crippen LogP contribution is 2.40. The number of hydrogen-bond donors (Lipinski definition) is 1. The predicted molar refractivity (Wildman–Crippen MR) is 138 cm³/mol. The Morgan fingerprint density at radius 3 is 2.62 bits per heavy atom. The third-order valence-electron chi connectivity index (χ3n) is 7.86. The second kappa shape index (κ2) is 10.4. The number of piperidine rings is 1. The molecule has 0 spiro atoms. The summed E-state index contributed by atoms with van der Waals surface area (Å²) in [5.41, 5.74) is 2.95. The van der Waals surface area contributed by atoms with Crippen molar-refractivity contribution in [2.75, 3.05) is 20.7 Å². The molecular weight excluding hydrogens is 483 g/mol. The Kier molecular flexibility index (Phi) is 7.55. The summed E-state index contributed by atoms with van der Waals surface area (Å²) in [6.45, 7) is 5.95. The number of aryl methyl sites for hydroxylation is 1. The normalized spacial score (nSPS) is 19.8. The minimum atomic E-state index is -4.28. The van der Waals surface area contributed by atoms with Crippen LogP contribution in [0.25, 0.3) is 10.9 Å². The van der Waals surface area contributed by atoms with Crippen LogP contribution in [-0.4, -0.2) is 53.2 Å². The first kappa shape index (κ1) is 27.0. The number of hydrogen-bond acceptors (Lipinski definition) is 4. The van der Waals surface area contributed by atoms with Gasteiger partial charge in [0.1, 0.15) is 11.8 Å². The summed E-state index contributed by atoms with van der Waals surface area (Å²) in [5, 5.41) is 0.780. The molecule has 0 saturated carbocycles. The number of rotatable bonds is 7. The molecule has 3 heterocycles. The van der Waals surface area contributed by atoms with Crippen LogP contribution < -0.4 is 10.3 Å². The van der Waals surface area contributed by atoms with Gasteiger partial charge in [0, 0.05) is 40.3 Å². The zero-order chi connectivity index (χ0) is 27.1. The molecule has 1 N–H and O–H groups in total. The van der Waals surface area contributed by atoms with Crippen LogP contribution in [0.15, 0.2) is 35.1 Å². The first-order valence-corrected chi connectivity index (χ1v) is 12.6. The Morgan fingerprint density at radius 2 is 1.95 bits per heavy atom. The number of fused-ring (bicyclic) bond motifs is 1. The lowest BCUT2D eigenvalue weighted by molar-refractivity contribution is -0.192. The summed E-state index contributed by atoms with van der Waals surface area (Å²) >= 11 is 0. The molecule has 37 heavy (non-hydrogen) atoms. The fourth-order valence-electron chi connectivity index (χ4n) is 5.88. The van der Waals surface area contributed by atoms with Crippen molar-refractivity contribution in [1.82, 2.24) is 14.5 Å². The van der Waals surface area contributed by atoms with E-state index in [2.05, 4.69) is 4.98 Å². The third-order valence-corrected chi connectivity index (χ3v) is 7.86. The Hall–Kier alpha value is -3.07. The number of alkyl halides is 3. The van der Waals surface area contributed by atoms with Crippen molar-refractivity contribution in [2.45, 2.75) is 64.7 Å². The fourth-order valence-corrected chi connectivity index (χ4v) is 5.88. The van der Waals surface area contributed by atoms with Crippen LogP contribution in [0.5, 0.6) is 5.75 Å². The maximum atomic E-state index is 13.7. The van der Waals surface area contributed by atoms with Gasteiger partial charge >= 0.3 is 6.18 Å². The van der Waals surface area contributed by atoms with Crippen LogP contribution in [0.3, 0.4) is 0 Å². The molecule has 0 unspecified atom stereocenters. The van der Waals surface area contributed by atoms with E-state index in [4.69, 9.17) is 4.74 Å². The number of methoxy groups -OCH3 is 1. The first-order valence-electron chi connectivity index (χ1n) is 12.6. The summed E-state index contributed by atoms with van der Waals surface area (Å²) < 4.78 is 48.4. The molecule has 1 aliphatic heterocycles. The number of halogens is 3. The third kappa shape index (κ3) is 5.19. The molecule has 0 radical (unpaired) electrons. The topological polar surface area (TPSA) is 67.3 Å². The van der Waals surface area contributed by atoms with Gasteiger partial charge in [0.25, 0.3) is 5.56 Å². The summed E-state index contributed by atoms with van der Waals surface area (Å²) in [5.74, 6) is 0.150. The van der Waals surface area contributed by atoms with E-state index in [1.807, 2.05) is 42.7 Å². The minimum absolute atomic E-state index is 0.0202. The number of nitrogens with one attached hydrogen (secondary N) is 1. The molecule has 0 bridgehead atoms. The van der Waals surface area contributed by atoms with E-state index < -0.39 is 12.2 Å². The Bertz CT molecular complexity index is 1360. The van der Waals surface area contributed by atoms with E-state index >= 15 is 0 Å². The molecule has 200 valence electrons. The number of ether oxygens (including phenoxy) is 1. The van der Waals surface area contributed by atoms with Gasteiger partial charge in [-0.25, -0.2) is 0 Å². The average molecular weight is 518 g/mol. The lowest BCUT2D eigenvalue weighted by Gasteiger charge is -2.40. The van der Waals surface area contributed by atoms with E-state index in [0.717, 1.165) is 16.6 Å². The number of likely N-dealkylation sites (tertiary alicyclic amines) is 1. The van der Waals surface area contributed by atoms with E-state index in [1.165, 1.54) is 19.1 Å². The standard InChI is InChI=1S/C28H34F3N3O3/c1-16-14-24(37-5)21(27(36)32-16)10-11-23(35)26-18(3)34(22-9-7-6-8-20(22)26)17(2)19-12-13-33(4)25(15-19)28(29,30)31/h6-9,14,17,19,25H,10-13,15H2,1-5H3,(H,32,36)/t17-,19-,25+/m1/s1. The van der Waals surface area contributed by atoms with Gasteiger partial charge in [-0.3, -0.25) is 14.5 Å². The predicted octanol–water partition coefficient (Wildman–Crippen LogP) is 5.60. The van der Waals surface area contributed by atoms with E-state index in [1.54, 1.807) is 13.0 Å². The zero-order valence-corrected chi connectivity index (χ0v) is 21.9. The molecule has 0 aliphatic carbocycles. The van der Waals surface area contributed by atoms with Gasteiger partial charge in [-0.2, -0.15) is 13.2 Å². The number of H-pyrrole nitrogens is 1. The Morgan fingerprint density at radius 1 is 1.24 bits per heavy atom. The molecule has 1 saturated heterocycles. The van der Waals surface area contributed by atoms with Crippen molar-refractivity contribution in [2.24, 2.45) is 5.92 Å². The van der Waals surface area contributed by atoms with Gasteiger partial charge in [0.05, 0.1) is 12.7 Å². The summed E-state index contributed by atoms with van der Waals surface area (Å²) in [4.78, 5) is 30.2. The highest BCUT2D eigenvalue weighted by Gasteiger charge is 2.46. The molecule has 3 atom stereocenters. The number of aromatic nitrogens is 2. The molecule has 2 aromatic heterocycles. The van der Waals surface area contributed by atoms with Gasteiger partial charge in [-0.15, -0.1) is 0 Å². The smallest absolute Gasteiger partial charge is 0.404 e. The van der Waals surface area contributed by atoms with Crippen LogP contribution in [0.4, 0.5) is 13.2 Å². The van der Waals surface area contributed by atoms with Crippen molar-refractivity contribution in [3.05, 3.63) is 63.2 Å². The molecule has 1 aliphatic rings. The minimum Gasteiger partial charge on any atom is -0.496 e. The maximum absolute atomic E-state index is 13.7. The highest BCUT2D eigenvalue weighted by molar-refractivity contribution is 6.09. The second-order valence-corrected chi connectivity index (χ2v) is 10.2. The number of carbonyl (C=O) groups is 1. The molecule has 6 nitrogen and oxygen atoms in total. The van der Waals surface area contributed by atoms with Crippen molar-refractivity contribution in [1.29, 1.82) is 0 Å². The number of para-hydroxylation sites is 1. The number of ketones is 1. The number of benzene rings is 1. The Labute approximate surface area is 214 Å². The highest BCUT2D eigenvalue weighted by atomic mass is 19.4. The second-order valence-electron chi connectivity index (χ2n) is 10.2. The SMILES string of the molecule is COc1cc(C)[nH]c(=O)c1CCC(=O)c1c(C)n([C@H](C)[C@@H]2CCN(C)[C@H](C(F)(F)F)C2)c2ccccc12. The molecule has 0 amide bonds. The first-order chi connectivity index (χ1) is 17.4. The number of aromatic amines is 1. The summed E-state index contributed by atoms with van der Waals surface area (Å²) in [6.07, 6.45) is -3.29. The average Bonchev–Trinajstić information content (AvgIpc) is 3.13. The molecule has 4 rings (SSSR count). The van der Waals surface area contributed by atoms with Crippen LogP contribution in [0.1, 0.15) is 59.5 Å². The van der Waals surface area contributed by atoms with Crippen LogP contribution >= 0.6 is 0 Å². The monoisotopic (exact) mass is 517 g/mol. The zero-order valence-electron chi connectivity index (χ0n) is 21.9. The number of pyridine rings is 1. The number of Topliss-reactive ketones (excluding diaryl/α,β-unsaturated/α-hetero) is 1. The van der Waals surface area contributed by atoms with Gasteiger partial charge in [0.15, 0.2) is 5.78 Å². The van der Waals surface area contributed by atoms with Crippen LogP contribution in [0.2, 0.25) is 0 Å². The molecular formula is C28H34F3N3O3. The van der Waals surface area contributed by atoms with Crippen LogP contribution in [-0.2, 0) is 6.42 Å². The fraction of sp³-hybridized carbons (Fsp3) is 0.500. The lowest BCUT2D eigenvalue weighted by Crippen LogP contribution is -2.49. The number of carbonyl (C=O) groups excluding carboxylic acids is 1. The van der Waals surface area contributed by atoms with Gasteiger partial charge < -0.3 is 14.3 Å². The summed E-state index contributed by atoms with van der Waals surface area (Å²) in [7, 11) is 3.02. The quantitative estimate of drug-likeness (QED) is 0.414. The van der Waals surface area contributed by atoms with Crippen molar-refractivity contribution < 1.29 is 22.7 Å². The summed E-state index contributed by atoms with van der Waals surface area (Å²) in [6, 6.07) is 7.57. The maximum Gasteiger partial charge on any atom is 0.404 e. The molecule has 9 heteroatoms. The molecule has 1 aromatic carbocycles. The van der Waals surface area contributed by atoms with Crippen LogP contribution in [0, 0.1) is 19.8 Å². The Balaban J connectivity index is 1.66. The van der Waals surface area contributed by atoms with Crippen molar-refractivity contribution in [3.8, 4) is 5.75 Å². The van der Waals surface area contributed by atoms with Crippen molar-refractivity contribution >= 4 is 16.7 Å². The van der Waals surface area contributed by atoms with Gasteiger partial charge in [0.2, 0.25) is 0 Å².